The highest BCUT2D eigenvalue weighted by molar-refractivity contribution is 6.25. The maximum atomic E-state index is 11.5. The summed E-state index contributed by atoms with van der Waals surface area (Å²) < 4.78 is 0. The summed E-state index contributed by atoms with van der Waals surface area (Å²) in [5.41, 5.74) is 1.94. The highest BCUT2D eigenvalue weighted by atomic mass is 35.5. The van der Waals surface area contributed by atoms with Gasteiger partial charge in [0.15, 0.2) is 0 Å². The molecule has 1 aliphatic carbocycles. The van der Waals surface area contributed by atoms with E-state index in [0.717, 1.165) is 37.2 Å². The van der Waals surface area contributed by atoms with Gasteiger partial charge in [-0.25, -0.2) is 0 Å². The van der Waals surface area contributed by atoms with Gasteiger partial charge in [-0.1, -0.05) is 36.9 Å². The van der Waals surface area contributed by atoms with E-state index in [2.05, 4.69) is 6.92 Å². The Bertz CT molecular complexity index is 289. The second kappa shape index (κ2) is 6.44. The summed E-state index contributed by atoms with van der Waals surface area (Å²) in [6, 6.07) is 0. The fraction of sp³-hybridized carbons (Fsp3) is 0.786. The molecule has 0 aromatic rings. The molecule has 0 radical (unpaired) electrons. The molecule has 0 aliphatic heterocycles. The Labute approximate surface area is 109 Å². The first-order chi connectivity index (χ1) is 8.04. The van der Waals surface area contributed by atoms with Gasteiger partial charge in [-0.3, -0.25) is 4.79 Å². The number of allylic oxidation sites excluding steroid dienone is 1. The summed E-state index contributed by atoms with van der Waals surface area (Å²) in [6.07, 6.45) is 6.74. The monoisotopic (exact) mass is 258 g/mol. The molecule has 1 fully saturated rings. The van der Waals surface area contributed by atoms with Crippen LogP contribution in [0.15, 0.2) is 11.1 Å². The van der Waals surface area contributed by atoms with Crippen LogP contribution >= 0.6 is 11.6 Å². The smallest absolute Gasteiger partial charge is 0.309 e. The molecule has 2 nitrogen and oxygen atoms in total. The van der Waals surface area contributed by atoms with Crippen molar-refractivity contribution in [1.29, 1.82) is 0 Å². The summed E-state index contributed by atoms with van der Waals surface area (Å²) in [6.45, 7) is 4.11. The molecule has 1 rings (SSSR count). The van der Waals surface area contributed by atoms with Crippen molar-refractivity contribution in [3.8, 4) is 0 Å². The van der Waals surface area contributed by atoms with Gasteiger partial charge < -0.3 is 5.11 Å². The van der Waals surface area contributed by atoms with E-state index in [9.17, 15) is 9.90 Å². The lowest BCUT2D eigenvalue weighted by Gasteiger charge is -2.37. The van der Waals surface area contributed by atoms with Crippen molar-refractivity contribution in [2.24, 2.45) is 11.3 Å². The Kier molecular flexibility index (Phi) is 5.51. The molecule has 1 N–H and O–H groups in total. The fourth-order valence-corrected chi connectivity index (χ4v) is 3.04. The van der Waals surface area contributed by atoms with Crippen LogP contribution in [0.4, 0.5) is 0 Å². The predicted molar refractivity (Wildman–Crippen MR) is 71.2 cm³/mol. The highest BCUT2D eigenvalue weighted by Gasteiger charge is 2.41. The first-order valence-corrected chi connectivity index (χ1v) is 6.97. The lowest BCUT2D eigenvalue weighted by Crippen LogP contribution is -2.35. The van der Waals surface area contributed by atoms with Gasteiger partial charge in [-0.15, -0.1) is 0 Å². The molecule has 0 aromatic carbocycles. The minimum absolute atomic E-state index is 0.556. The van der Waals surface area contributed by atoms with Crippen molar-refractivity contribution < 1.29 is 9.90 Å². The van der Waals surface area contributed by atoms with E-state index in [0.29, 0.717) is 6.42 Å². The van der Waals surface area contributed by atoms with Gasteiger partial charge in [-0.05, 0) is 44.9 Å². The van der Waals surface area contributed by atoms with Crippen LogP contribution in [0.3, 0.4) is 0 Å². The standard InChI is InChI=1S/C14H23ClO2/c1-3-4-12-5-7-14(8-6-12,13(16)17)9-11(2)10-15/h10,12H,3-9H2,1-2H3,(H,16,17). The topological polar surface area (TPSA) is 37.3 Å². The third-order valence-electron chi connectivity index (χ3n) is 4.02. The van der Waals surface area contributed by atoms with Crippen LogP contribution in [0.1, 0.15) is 58.8 Å². The number of halogens is 1. The van der Waals surface area contributed by atoms with Gasteiger partial charge in [0, 0.05) is 5.54 Å². The van der Waals surface area contributed by atoms with Crippen LogP contribution in [-0.2, 0) is 4.79 Å². The third kappa shape index (κ3) is 3.74. The Morgan fingerprint density at radius 1 is 1.47 bits per heavy atom. The van der Waals surface area contributed by atoms with E-state index in [1.54, 1.807) is 0 Å². The van der Waals surface area contributed by atoms with Crippen LogP contribution in [0.25, 0.3) is 0 Å². The Morgan fingerprint density at radius 2 is 2.06 bits per heavy atom. The Morgan fingerprint density at radius 3 is 2.47 bits per heavy atom. The molecule has 1 aliphatic rings. The number of carboxylic acid groups (broad SMARTS) is 1. The third-order valence-corrected chi connectivity index (χ3v) is 4.39. The molecular weight excluding hydrogens is 236 g/mol. The number of hydrogen-bond donors (Lipinski definition) is 1. The maximum Gasteiger partial charge on any atom is 0.309 e. The van der Waals surface area contributed by atoms with Gasteiger partial charge in [0.05, 0.1) is 5.41 Å². The Balaban J connectivity index is 2.67. The molecule has 98 valence electrons. The molecule has 0 spiro atoms. The molecule has 0 atom stereocenters. The SMILES string of the molecule is CCCC1CCC(CC(C)=CCl)(C(=O)O)CC1. The molecule has 0 amide bonds. The average molecular weight is 259 g/mol. The number of carboxylic acids is 1. The largest absolute Gasteiger partial charge is 0.481 e. The van der Waals surface area contributed by atoms with Crippen molar-refractivity contribution in [2.75, 3.05) is 0 Å². The van der Waals surface area contributed by atoms with Gasteiger partial charge in [0.2, 0.25) is 0 Å². The maximum absolute atomic E-state index is 11.5. The van der Waals surface area contributed by atoms with Crippen LogP contribution in [0, 0.1) is 11.3 Å². The number of aliphatic carboxylic acids is 1. The summed E-state index contributed by atoms with van der Waals surface area (Å²) in [4.78, 5) is 11.5. The molecule has 0 unspecified atom stereocenters. The number of hydrogen-bond acceptors (Lipinski definition) is 1. The van der Waals surface area contributed by atoms with Crippen molar-refractivity contribution in [1.82, 2.24) is 0 Å². The molecule has 0 saturated heterocycles. The van der Waals surface area contributed by atoms with Crippen molar-refractivity contribution in [3.05, 3.63) is 11.1 Å². The normalized spacial score (nSPS) is 30.3. The van der Waals surface area contributed by atoms with Crippen molar-refractivity contribution in [2.45, 2.75) is 58.8 Å². The van der Waals surface area contributed by atoms with Gasteiger partial charge in [-0.2, -0.15) is 0 Å². The molecular formula is C14H23ClO2. The predicted octanol–water partition coefficient (Wildman–Crippen LogP) is 4.58. The van der Waals surface area contributed by atoms with E-state index in [-0.39, 0.29) is 0 Å². The van der Waals surface area contributed by atoms with Gasteiger partial charge in [0.1, 0.15) is 0 Å². The minimum Gasteiger partial charge on any atom is -0.481 e. The lowest BCUT2D eigenvalue weighted by molar-refractivity contribution is -0.151. The molecule has 0 heterocycles. The summed E-state index contributed by atoms with van der Waals surface area (Å²) in [7, 11) is 0. The van der Waals surface area contributed by atoms with E-state index in [1.807, 2.05) is 6.92 Å². The zero-order valence-electron chi connectivity index (χ0n) is 10.8. The lowest BCUT2D eigenvalue weighted by atomic mass is 9.67. The van der Waals surface area contributed by atoms with E-state index in [4.69, 9.17) is 11.6 Å². The van der Waals surface area contributed by atoms with Gasteiger partial charge >= 0.3 is 5.97 Å². The second-order valence-corrected chi connectivity index (χ2v) is 5.67. The van der Waals surface area contributed by atoms with E-state index >= 15 is 0 Å². The first kappa shape index (κ1) is 14.6. The first-order valence-electron chi connectivity index (χ1n) is 6.53. The van der Waals surface area contributed by atoms with Crippen molar-refractivity contribution >= 4 is 17.6 Å². The summed E-state index contributed by atoms with van der Waals surface area (Å²) >= 11 is 5.66. The minimum atomic E-state index is -0.648. The van der Waals surface area contributed by atoms with Crippen LogP contribution < -0.4 is 0 Å². The molecule has 3 heteroatoms. The number of carbonyl (C=O) groups is 1. The second-order valence-electron chi connectivity index (χ2n) is 5.45. The Hall–Kier alpha value is -0.500. The zero-order chi connectivity index (χ0) is 12.9. The zero-order valence-corrected chi connectivity index (χ0v) is 11.6. The van der Waals surface area contributed by atoms with Crippen LogP contribution in [0.2, 0.25) is 0 Å². The summed E-state index contributed by atoms with van der Waals surface area (Å²) in [5.74, 6) is 0.0816. The van der Waals surface area contributed by atoms with Gasteiger partial charge in [0.25, 0.3) is 0 Å². The van der Waals surface area contributed by atoms with E-state index < -0.39 is 11.4 Å². The highest BCUT2D eigenvalue weighted by Crippen LogP contribution is 2.44. The molecule has 1 saturated carbocycles. The fourth-order valence-electron chi connectivity index (χ4n) is 2.97. The summed E-state index contributed by atoms with van der Waals surface area (Å²) in [5, 5.41) is 9.48. The number of rotatable bonds is 5. The molecule has 0 bridgehead atoms. The van der Waals surface area contributed by atoms with E-state index in [1.165, 1.54) is 18.4 Å². The average Bonchev–Trinajstić information content (AvgIpc) is 2.31. The quantitative estimate of drug-likeness (QED) is 0.784. The molecule has 17 heavy (non-hydrogen) atoms. The van der Waals surface area contributed by atoms with Crippen molar-refractivity contribution in [3.63, 3.8) is 0 Å². The van der Waals surface area contributed by atoms with Crippen LogP contribution in [0.5, 0.6) is 0 Å². The van der Waals surface area contributed by atoms with Crippen LogP contribution in [-0.4, -0.2) is 11.1 Å². The molecule has 0 aromatic heterocycles.